The van der Waals surface area contributed by atoms with Crippen LogP contribution in [0.25, 0.3) is 11.0 Å². The fourth-order valence-corrected chi connectivity index (χ4v) is 2.16. The summed E-state index contributed by atoms with van der Waals surface area (Å²) in [5.74, 6) is 0. The van der Waals surface area contributed by atoms with E-state index < -0.39 is 0 Å². The van der Waals surface area contributed by atoms with Crippen molar-refractivity contribution in [1.82, 2.24) is 14.5 Å². The predicted molar refractivity (Wildman–Crippen MR) is 72.2 cm³/mol. The van der Waals surface area contributed by atoms with Gasteiger partial charge in [-0.05, 0) is 42.8 Å². The molecule has 2 N–H and O–H groups in total. The third-order valence-electron chi connectivity index (χ3n) is 3.20. The first-order valence-corrected chi connectivity index (χ1v) is 5.87. The molecule has 2 aromatic heterocycles. The highest BCUT2D eigenvalue weighted by Crippen LogP contribution is 2.23. The van der Waals surface area contributed by atoms with Crippen molar-refractivity contribution in [2.75, 3.05) is 5.73 Å². The van der Waals surface area contributed by atoms with Crippen LogP contribution in [0.3, 0.4) is 0 Å². The fraction of sp³-hybridized carbons (Fsp3) is 0.143. The van der Waals surface area contributed by atoms with Crippen LogP contribution >= 0.6 is 0 Å². The maximum atomic E-state index is 5.76. The average molecular weight is 238 g/mol. The summed E-state index contributed by atoms with van der Waals surface area (Å²) in [6, 6.07) is 10.1. The second kappa shape index (κ2) is 4.14. The number of hydrogen-bond donors (Lipinski definition) is 1. The highest BCUT2D eigenvalue weighted by molar-refractivity contribution is 5.79. The smallest absolute Gasteiger partial charge is 0.0964 e. The Kier molecular flexibility index (Phi) is 2.48. The highest BCUT2D eigenvalue weighted by Gasteiger charge is 2.11. The van der Waals surface area contributed by atoms with Crippen LogP contribution in [0.15, 0.2) is 49.1 Å². The van der Waals surface area contributed by atoms with Gasteiger partial charge in [-0.2, -0.15) is 0 Å². The van der Waals surface area contributed by atoms with Crippen molar-refractivity contribution in [3.8, 4) is 0 Å². The van der Waals surface area contributed by atoms with Gasteiger partial charge in [-0.25, -0.2) is 4.98 Å². The molecule has 4 heteroatoms. The Morgan fingerprint density at radius 3 is 2.72 bits per heavy atom. The van der Waals surface area contributed by atoms with Crippen LogP contribution in [0.5, 0.6) is 0 Å². The lowest BCUT2D eigenvalue weighted by Gasteiger charge is -2.14. The predicted octanol–water partition coefficient (Wildman–Crippen LogP) is 2.62. The van der Waals surface area contributed by atoms with E-state index in [2.05, 4.69) is 21.5 Å². The number of nitrogens with zero attached hydrogens (tertiary/aromatic N) is 3. The number of aromatic nitrogens is 3. The molecule has 2 heterocycles. The molecular weight excluding hydrogens is 224 g/mol. The van der Waals surface area contributed by atoms with Gasteiger partial charge in [0.2, 0.25) is 0 Å². The first-order chi connectivity index (χ1) is 8.75. The molecule has 1 unspecified atom stereocenters. The third kappa shape index (κ3) is 1.72. The number of benzene rings is 1. The molecule has 0 aliphatic heterocycles. The Morgan fingerprint density at radius 1 is 1.17 bits per heavy atom. The summed E-state index contributed by atoms with van der Waals surface area (Å²) in [7, 11) is 0. The molecule has 4 nitrogen and oxygen atoms in total. The van der Waals surface area contributed by atoms with Gasteiger partial charge >= 0.3 is 0 Å². The molecule has 18 heavy (non-hydrogen) atoms. The van der Waals surface area contributed by atoms with E-state index in [1.165, 1.54) is 5.56 Å². The largest absolute Gasteiger partial charge is 0.399 e. The summed E-state index contributed by atoms with van der Waals surface area (Å²) in [5, 5.41) is 0. The van der Waals surface area contributed by atoms with Gasteiger partial charge in [-0.3, -0.25) is 4.98 Å². The Balaban J connectivity index is 2.10. The van der Waals surface area contributed by atoms with E-state index >= 15 is 0 Å². The van der Waals surface area contributed by atoms with Gasteiger partial charge in [0.05, 0.1) is 23.4 Å². The summed E-state index contributed by atoms with van der Waals surface area (Å²) >= 11 is 0. The number of nitrogens with two attached hydrogens (primary N) is 1. The second-order valence-corrected chi connectivity index (χ2v) is 4.36. The van der Waals surface area contributed by atoms with Crippen molar-refractivity contribution in [3.63, 3.8) is 0 Å². The maximum Gasteiger partial charge on any atom is 0.0964 e. The molecule has 0 aliphatic rings. The van der Waals surface area contributed by atoms with Gasteiger partial charge in [0.25, 0.3) is 0 Å². The lowest BCUT2D eigenvalue weighted by Crippen LogP contribution is -2.05. The molecule has 0 fully saturated rings. The molecule has 0 spiro atoms. The van der Waals surface area contributed by atoms with Crippen molar-refractivity contribution in [3.05, 3.63) is 54.6 Å². The van der Waals surface area contributed by atoms with E-state index in [9.17, 15) is 0 Å². The lowest BCUT2D eigenvalue weighted by atomic mass is 10.1. The van der Waals surface area contributed by atoms with E-state index in [0.29, 0.717) is 0 Å². The molecule has 90 valence electrons. The summed E-state index contributed by atoms with van der Waals surface area (Å²) in [6.45, 7) is 2.15. The number of hydrogen-bond acceptors (Lipinski definition) is 3. The molecule has 1 aromatic carbocycles. The lowest BCUT2D eigenvalue weighted by molar-refractivity contribution is 0.657. The van der Waals surface area contributed by atoms with Crippen LogP contribution in [0.2, 0.25) is 0 Å². The van der Waals surface area contributed by atoms with Crippen LogP contribution in [-0.4, -0.2) is 14.5 Å². The Bertz CT molecular complexity index is 673. The third-order valence-corrected chi connectivity index (χ3v) is 3.20. The minimum atomic E-state index is 0.224. The Morgan fingerprint density at radius 2 is 1.94 bits per heavy atom. The minimum Gasteiger partial charge on any atom is -0.399 e. The number of imidazole rings is 1. The molecule has 3 aromatic rings. The summed E-state index contributed by atoms with van der Waals surface area (Å²) in [4.78, 5) is 8.44. The number of rotatable bonds is 2. The van der Waals surface area contributed by atoms with Gasteiger partial charge in [-0.15, -0.1) is 0 Å². The van der Waals surface area contributed by atoms with E-state index in [-0.39, 0.29) is 6.04 Å². The zero-order valence-electron chi connectivity index (χ0n) is 10.1. The fourth-order valence-electron chi connectivity index (χ4n) is 2.16. The molecule has 0 amide bonds. The normalized spacial score (nSPS) is 12.7. The van der Waals surface area contributed by atoms with Crippen molar-refractivity contribution in [2.24, 2.45) is 0 Å². The Labute approximate surface area is 105 Å². The molecule has 0 saturated carbocycles. The second-order valence-electron chi connectivity index (χ2n) is 4.36. The minimum absolute atomic E-state index is 0.224. The van der Waals surface area contributed by atoms with Gasteiger partial charge in [0.15, 0.2) is 0 Å². The molecule has 0 radical (unpaired) electrons. The van der Waals surface area contributed by atoms with E-state index in [0.717, 1.165) is 16.7 Å². The van der Waals surface area contributed by atoms with Crippen LogP contribution < -0.4 is 5.73 Å². The van der Waals surface area contributed by atoms with Crippen LogP contribution in [0, 0.1) is 0 Å². The van der Waals surface area contributed by atoms with E-state index in [1.807, 2.05) is 49.1 Å². The summed E-state index contributed by atoms with van der Waals surface area (Å²) in [6.07, 6.45) is 5.47. The molecule has 0 saturated heterocycles. The van der Waals surface area contributed by atoms with Gasteiger partial charge in [0, 0.05) is 18.1 Å². The van der Waals surface area contributed by atoms with Crippen molar-refractivity contribution < 1.29 is 0 Å². The number of fused-ring (bicyclic) bond motifs is 1. The number of pyridine rings is 1. The molecule has 0 bridgehead atoms. The first-order valence-electron chi connectivity index (χ1n) is 5.87. The standard InChI is InChI=1S/C14H14N4/c1-10(11-4-6-16-7-5-11)18-9-17-13-8-12(15)2-3-14(13)18/h2-10H,15H2,1H3. The SMILES string of the molecule is CC(c1ccncc1)n1cnc2cc(N)ccc21. The topological polar surface area (TPSA) is 56.7 Å². The average Bonchev–Trinajstić information content (AvgIpc) is 2.81. The Hall–Kier alpha value is -2.36. The van der Waals surface area contributed by atoms with E-state index in [1.54, 1.807) is 0 Å². The molecule has 3 rings (SSSR count). The zero-order chi connectivity index (χ0) is 12.5. The quantitative estimate of drug-likeness (QED) is 0.698. The monoisotopic (exact) mass is 238 g/mol. The summed E-state index contributed by atoms with van der Waals surface area (Å²) < 4.78 is 2.14. The van der Waals surface area contributed by atoms with Crippen LogP contribution in [-0.2, 0) is 0 Å². The van der Waals surface area contributed by atoms with Gasteiger partial charge in [0.1, 0.15) is 0 Å². The van der Waals surface area contributed by atoms with Gasteiger partial charge in [-0.1, -0.05) is 0 Å². The molecule has 0 aliphatic carbocycles. The van der Waals surface area contributed by atoms with Crippen LogP contribution in [0.1, 0.15) is 18.5 Å². The van der Waals surface area contributed by atoms with Crippen LogP contribution in [0.4, 0.5) is 5.69 Å². The summed E-state index contributed by atoms with van der Waals surface area (Å²) in [5.41, 5.74) is 9.73. The van der Waals surface area contributed by atoms with Crippen molar-refractivity contribution in [1.29, 1.82) is 0 Å². The van der Waals surface area contributed by atoms with E-state index in [4.69, 9.17) is 5.73 Å². The van der Waals surface area contributed by atoms with Gasteiger partial charge < -0.3 is 10.3 Å². The van der Waals surface area contributed by atoms with Crippen molar-refractivity contribution >= 4 is 16.7 Å². The number of nitrogen functional groups attached to an aromatic ring is 1. The highest BCUT2D eigenvalue weighted by atomic mass is 15.1. The zero-order valence-corrected chi connectivity index (χ0v) is 10.1. The maximum absolute atomic E-state index is 5.76. The van der Waals surface area contributed by atoms with Crippen molar-refractivity contribution in [2.45, 2.75) is 13.0 Å². The molecule has 1 atom stereocenters. The first kappa shape index (κ1) is 10.8. The molecular formula is C14H14N4. The number of anilines is 1.